The maximum atomic E-state index is 5.43. The fourth-order valence-electron chi connectivity index (χ4n) is 2.48. The second-order valence-electron chi connectivity index (χ2n) is 5.69. The van der Waals surface area contributed by atoms with Crippen molar-refractivity contribution in [2.45, 2.75) is 89.8 Å². The van der Waals surface area contributed by atoms with E-state index < -0.39 is 0 Å². The maximum absolute atomic E-state index is 5.43. The van der Waals surface area contributed by atoms with Crippen molar-refractivity contribution in [2.75, 3.05) is 0 Å². The summed E-state index contributed by atoms with van der Waals surface area (Å²) in [5.41, 5.74) is 0. The SMILES string of the molecule is C=CC1OC1CCCCC=CCCCCCCCC. The number of ether oxygens (including phenoxy) is 1. The van der Waals surface area contributed by atoms with Crippen LogP contribution >= 0.6 is 0 Å². The minimum atomic E-state index is 0.364. The lowest BCUT2D eigenvalue weighted by Crippen LogP contribution is -1.89. The molecule has 2 atom stereocenters. The van der Waals surface area contributed by atoms with E-state index in [1.54, 1.807) is 0 Å². The minimum absolute atomic E-state index is 0.364. The molecule has 0 aliphatic carbocycles. The highest BCUT2D eigenvalue weighted by atomic mass is 16.6. The molecule has 0 N–H and O–H groups in total. The van der Waals surface area contributed by atoms with Gasteiger partial charge in [0, 0.05) is 0 Å². The second kappa shape index (κ2) is 11.3. The molecule has 0 bridgehead atoms. The van der Waals surface area contributed by atoms with Crippen LogP contribution in [-0.2, 0) is 4.74 Å². The Morgan fingerprint density at radius 3 is 2.16 bits per heavy atom. The summed E-state index contributed by atoms with van der Waals surface area (Å²) in [6.45, 7) is 6.02. The summed E-state index contributed by atoms with van der Waals surface area (Å²) < 4.78 is 5.43. The molecule has 1 nitrogen and oxygen atoms in total. The highest BCUT2D eigenvalue weighted by Gasteiger charge is 2.34. The Morgan fingerprint density at radius 2 is 1.53 bits per heavy atom. The highest BCUT2D eigenvalue weighted by Crippen LogP contribution is 2.27. The molecule has 1 heteroatoms. The third-order valence-corrected chi connectivity index (χ3v) is 3.85. The van der Waals surface area contributed by atoms with E-state index in [1.807, 2.05) is 6.08 Å². The lowest BCUT2D eigenvalue weighted by molar-refractivity contribution is 0.374. The van der Waals surface area contributed by atoms with Gasteiger partial charge in [-0.25, -0.2) is 0 Å². The molecule has 1 heterocycles. The van der Waals surface area contributed by atoms with Crippen LogP contribution < -0.4 is 0 Å². The maximum Gasteiger partial charge on any atom is 0.102 e. The van der Waals surface area contributed by atoms with Gasteiger partial charge in [-0.3, -0.25) is 0 Å². The number of allylic oxidation sites excluding steroid dienone is 2. The molecule has 1 rings (SSSR count). The fraction of sp³-hybridized carbons (Fsp3) is 0.778. The zero-order chi connectivity index (χ0) is 13.8. The molecule has 0 aromatic rings. The Balaban J connectivity index is 1.74. The first-order valence-electron chi connectivity index (χ1n) is 8.31. The lowest BCUT2D eigenvalue weighted by atomic mass is 10.1. The monoisotopic (exact) mass is 264 g/mol. The van der Waals surface area contributed by atoms with E-state index in [0.717, 1.165) is 0 Å². The van der Waals surface area contributed by atoms with E-state index in [9.17, 15) is 0 Å². The molecule has 2 unspecified atom stereocenters. The predicted octanol–water partition coefficient (Wildman–Crippen LogP) is 5.81. The molecular weight excluding hydrogens is 232 g/mol. The summed E-state index contributed by atoms with van der Waals surface area (Å²) in [5, 5.41) is 0. The van der Waals surface area contributed by atoms with Crippen LogP contribution in [0, 0.1) is 0 Å². The summed E-state index contributed by atoms with van der Waals surface area (Å²) in [4.78, 5) is 0. The number of hydrogen-bond donors (Lipinski definition) is 0. The Bertz CT molecular complexity index is 244. The molecule has 1 aliphatic rings. The third-order valence-electron chi connectivity index (χ3n) is 3.85. The van der Waals surface area contributed by atoms with Crippen molar-refractivity contribution in [1.29, 1.82) is 0 Å². The molecular formula is C18H32O. The zero-order valence-corrected chi connectivity index (χ0v) is 12.8. The van der Waals surface area contributed by atoms with E-state index in [0.29, 0.717) is 12.2 Å². The standard InChI is InChI=1S/C18H32O/c1-3-5-6-7-8-9-10-11-12-13-14-15-16-18-17(4-2)19-18/h4,11-12,17-18H,2-3,5-10,13-16H2,1H3. The van der Waals surface area contributed by atoms with Gasteiger partial charge in [0.05, 0.1) is 6.10 Å². The van der Waals surface area contributed by atoms with Gasteiger partial charge in [0.1, 0.15) is 6.10 Å². The van der Waals surface area contributed by atoms with Crippen LogP contribution in [0.5, 0.6) is 0 Å². The van der Waals surface area contributed by atoms with Crippen molar-refractivity contribution in [3.63, 3.8) is 0 Å². The van der Waals surface area contributed by atoms with Crippen molar-refractivity contribution >= 4 is 0 Å². The van der Waals surface area contributed by atoms with Crippen molar-refractivity contribution in [3.8, 4) is 0 Å². The van der Waals surface area contributed by atoms with E-state index in [-0.39, 0.29) is 0 Å². The first-order chi connectivity index (χ1) is 9.38. The Labute approximate surface area is 120 Å². The van der Waals surface area contributed by atoms with Gasteiger partial charge >= 0.3 is 0 Å². The Hall–Kier alpha value is -0.560. The normalized spacial score (nSPS) is 21.9. The van der Waals surface area contributed by atoms with Gasteiger partial charge in [-0.2, -0.15) is 0 Å². The summed E-state index contributed by atoms with van der Waals surface area (Å²) in [5.74, 6) is 0. The number of unbranched alkanes of at least 4 members (excludes halogenated alkanes) is 8. The van der Waals surface area contributed by atoms with Gasteiger partial charge in [0.15, 0.2) is 0 Å². The number of rotatable bonds is 13. The molecule has 1 fully saturated rings. The molecule has 0 saturated carbocycles. The molecule has 0 amide bonds. The summed E-state index contributed by atoms with van der Waals surface area (Å²) in [6.07, 6.45) is 22.2. The van der Waals surface area contributed by atoms with Crippen molar-refractivity contribution < 1.29 is 4.74 Å². The summed E-state index contributed by atoms with van der Waals surface area (Å²) >= 11 is 0. The quantitative estimate of drug-likeness (QED) is 0.232. The molecule has 110 valence electrons. The van der Waals surface area contributed by atoms with Crippen LogP contribution in [0.25, 0.3) is 0 Å². The van der Waals surface area contributed by atoms with Gasteiger partial charge in [-0.1, -0.05) is 63.7 Å². The largest absolute Gasteiger partial charge is 0.365 e. The summed E-state index contributed by atoms with van der Waals surface area (Å²) in [6, 6.07) is 0. The molecule has 1 aliphatic heterocycles. The Kier molecular flexibility index (Phi) is 9.79. The number of epoxide rings is 1. The predicted molar refractivity (Wildman–Crippen MR) is 84.5 cm³/mol. The lowest BCUT2D eigenvalue weighted by Gasteiger charge is -1.98. The van der Waals surface area contributed by atoms with Gasteiger partial charge in [0.25, 0.3) is 0 Å². The Morgan fingerprint density at radius 1 is 0.895 bits per heavy atom. The zero-order valence-electron chi connectivity index (χ0n) is 12.8. The topological polar surface area (TPSA) is 12.5 Å². The third kappa shape index (κ3) is 9.04. The molecule has 0 spiro atoms. The van der Waals surface area contributed by atoms with Crippen molar-refractivity contribution in [1.82, 2.24) is 0 Å². The van der Waals surface area contributed by atoms with E-state index in [1.165, 1.54) is 70.6 Å². The van der Waals surface area contributed by atoms with Crippen LogP contribution in [0.2, 0.25) is 0 Å². The molecule has 0 aromatic carbocycles. The van der Waals surface area contributed by atoms with Crippen LogP contribution in [0.4, 0.5) is 0 Å². The number of hydrogen-bond acceptors (Lipinski definition) is 1. The fourth-order valence-corrected chi connectivity index (χ4v) is 2.48. The van der Waals surface area contributed by atoms with Gasteiger partial charge in [-0.05, 0) is 32.1 Å². The molecule has 1 saturated heterocycles. The molecule has 0 radical (unpaired) electrons. The van der Waals surface area contributed by atoms with Crippen LogP contribution in [-0.4, -0.2) is 12.2 Å². The average Bonchev–Trinajstić information content (AvgIpc) is 3.19. The first-order valence-corrected chi connectivity index (χ1v) is 8.31. The van der Waals surface area contributed by atoms with E-state index in [2.05, 4.69) is 25.7 Å². The average molecular weight is 264 g/mol. The molecule has 19 heavy (non-hydrogen) atoms. The smallest absolute Gasteiger partial charge is 0.102 e. The van der Waals surface area contributed by atoms with Crippen LogP contribution in [0.1, 0.15) is 77.6 Å². The van der Waals surface area contributed by atoms with Gasteiger partial charge < -0.3 is 4.74 Å². The van der Waals surface area contributed by atoms with E-state index in [4.69, 9.17) is 4.74 Å². The summed E-state index contributed by atoms with van der Waals surface area (Å²) in [7, 11) is 0. The van der Waals surface area contributed by atoms with Crippen molar-refractivity contribution in [3.05, 3.63) is 24.8 Å². The van der Waals surface area contributed by atoms with Gasteiger partial charge in [-0.15, -0.1) is 6.58 Å². The highest BCUT2D eigenvalue weighted by molar-refractivity contribution is 4.97. The van der Waals surface area contributed by atoms with Crippen LogP contribution in [0.15, 0.2) is 24.8 Å². The minimum Gasteiger partial charge on any atom is -0.365 e. The second-order valence-corrected chi connectivity index (χ2v) is 5.69. The van der Waals surface area contributed by atoms with Crippen LogP contribution in [0.3, 0.4) is 0 Å². The van der Waals surface area contributed by atoms with Gasteiger partial charge in [0.2, 0.25) is 0 Å². The first kappa shape index (κ1) is 16.5. The molecule has 0 aromatic heterocycles. The van der Waals surface area contributed by atoms with E-state index >= 15 is 0 Å². The van der Waals surface area contributed by atoms with Crippen molar-refractivity contribution in [2.24, 2.45) is 0 Å².